The molecule has 0 unspecified atom stereocenters. The second kappa shape index (κ2) is 34.1. The van der Waals surface area contributed by atoms with Gasteiger partial charge in [0.2, 0.25) is 0 Å². The summed E-state index contributed by atoms with van der Waals surface area (Å²) in [5, 5.41) is 27.1. The molecule has 0 radical (unpaired) electrons. The van der Waals surface area contributed by atoms with E-state index in [4.69, 9.17) is 63.7 Å². The normalized spacial score (nSPS) is 14.2. The van der Waals surface area contributed by atoms with Crippen molar-refractivity contribution in [1.29, 1.82) is 0 Å². The summed E-state index contributed by atoms with van der Waals surface area (Å²) in [4.78, 5) is 65.4. The van der Waals surface area contributed by atoms with E-state index in [9.17, 15) is 29.4 Å². The zero-order valence-electron chi connectivity index (χ0n) is 51.4. The van der Waals surface area contributed by atoms with Gasteiger partial charge in [-0.25, -0.2) is 19.6 Å². The lowest BCUT2D eigenvalue weighted by Crippen LogP contribution is -2.55. The SMILES string of the molecule is COCCOc1ccc(Cl)c(-c2ccc(C(=O)NC3(C(=O)O)CCCCC3)nc2-c2ccc(Cl)c(OCCCN(C)C)c2)c1.Cc1ccc(C(C)C)cc1-c1ccc(C(=O)NC2(C(=O)O)CCCCC2)nc1-c1ccc(Cl)c(OCCCN(C)C)c1.Cl.Cl. The molecule has 2 heterocycles. The Kier molecular flexibility index (Phi) is 28.1. The number of hydrogen-bond donors (Lipinski definition) is 4. The zero-order chi connectivity index (χ0) is 62.1. The summed E-state index contributed by atoms with van der Waals surface area (Å²) in [6.45, 7) is 9.89. The molecule has 0 spiro atoms. The summed E-state index contributed by atoms with van der Waals surface area (Å²) < 4.78 is 23.0. The number of ether oxygens (including phenoxy) is 4. The molecule has 2 fully saturated rings. The minimum atomic E-state index is -1.32. The Balaban J connectivity index is 0.000000314. The Bertz CT molecular complexity index is 3330. The van der Waals surface area contributed by atoms with E-state index in [1.165, 1.54) is 5.56 Å². The van der Waals surface area contributed by atoms with Crippen molar-refractivity contribution in [2.24, 2.45) is 0 Å². The number of halogens is 5. The zero-order valence-corrected chi connectivity index (χ0v) is 55.3. The molecule has 476 valence electrons. The highest BCUT2D eigenvalue weighted by Gasteiger charge is 2.43. The maximum Gasteiger partial charge on any atom is 0.329 e. The highest BCUT2D eigenvalue weighted by atomic mass is 35.5. The molecule has 21 heteroatoms. The van der Waals surface area contributed by atoms with E-state index in [1.54, 1.807) is 61.7 Å². The molecule has 4 N–H and O–H groups in total. The van der Waals surface area contributed by atoms with E-state index < -0.39 is 34.8 Å². The Morgan fingerprint density at radius 3 is 1.43 bits per heavy atom. The first-order chi connectivity index (χ1) is 41.1. The smallest absolute Gasteiger partial charge is 0.329 e. The lowest BCUT2D eigenvalue weighted by molar-refractivity contribution is -0.146. The summed E-state index contributed by atoms with van der Waals surface area (Å²) in [6, 6.07) is 29.5. The Labute approximate surface area is 545 Å². The van der Waals surface area contributed by atoms with Crippen LogP contribution in [0.25, 0.3) is 44.8 Å². The maximum atomic E-state index is 13.5. The van der Waals surface area contributed by atoms with Gasteiger partial charge in [-0.05, 0) is 163 Å². The van der Waals surface area contributed by atoms with Gasteiger partial charge in [-0.2, -0.15) is 0 Å². The minimum absolute atomic E-state index is 0. The predicted octanol–water partition coefficient (Wildman–Crippen LogP) is 14.8. The van der Waals surface area contributed by atoms with Crippen molar-refractivity contribution in [2.75, 3.05) is 74.8 Å². The lowest BCUT2D eigenvalue weighted by atomic mass is 9.81. The molecule has 8 rings (SSSR count). The number of carbonyl (C=O) groups excluding carboxylic acids is 2. The molecule has 0 bridgehead atoms. The van der Waals surface area contributed by atoms with Gasteiger partial charge in [0.25, 0.3) is 11.8 Å². The van der Waals surface area contributed by atoms with Crippen LogP contribution < -0.4 is 24.8 Å². The molecule has 0 atom stereocenters. The van der Waals surface area contributed by atoms with E-state index in [0.717, 1.165) is 86.7 Å². The fourth-order valence-corrected chi connectivity index (χ4v) is 11.2. The third kappa shape index (κ3) is 19.2. The van der Waals surface area contributed by atoms with Crippen LogP contribution in [0, 0.1) is 6.92 Å². The monoisotopic (exact) mass is 1310 g/mol. The summed E-state index contributed by atoms with van der Waals surface area (Å²) in [5.41, 5.74) is 5.60. The Hall–Kier alpha value is -6.21. The average Bonchev–Trinajstić information content (AvgIpc) is 2.24. The number of aromatic nitrogens is 2. The fraction of sp³-hybridized carbons (Fsp3) is 0.433. The third-order valence-corrected chi connectivity index (χ3v) is 16.6. The van der Waals surface area contributed by atoms with Crippen LogP contribution in [0.2, 0.25) is 15.1 Å². The van der Waals surface area contributed by atoms with Crippen molar-refractivity contribution in [1.82, 2.24) is 30.4 Å². The van der Waals surface area contributed by atoms with E-state index in [2.05, 4.69) is 59.4 Å². The van der Waals surface area contributed by atoms with Gasteiger partial charge in [0.05, 0.1) is 41.3 Å². The first kappa shape index (κ1) is 72.5. The lowest BCUT2D eigenvalue weighted by Gasteiger charge is -2.33. The summed E-state index contributed by atoms with van der Waals surface area (Å²) >= 11 is 19.7. The van der Waals surface area contributed by atoms with Gasteiger partial charge in [-0.15, -0.1) is 24.8 Å². The number of carboxylic acid groups (broad SMARTS) is 2. The van der Waals surface area contributed by atoms with Crippen molar-refractivity contribution < 1.29 is 48.3 Å². The number of rotatable bonds is 25. The molecular weight excluding hydrogens is 1230 g/mol. The van der Waals surface area contributed by atoms with Crippen molar-refractivity contribution in [2.45, 2.75) is 115 Å². The second-order valence-corrected chi connectivity index (χ2v) is 24.2. The van der Waals surface area contributed by atoms with Gasteiger partial charge in [-0.1, -0.05) is 118 Å². The van der Waals surface area contributed by atoms with E-state index in [0.29, 0.717) is 118 Å². The van der Waals surface area contributed by atoms with E-state index in [1.807, 2.05) is 52.5 Å². The molecule has 2 aliphatic rings. The number of pyridine rings is 2. The number of aryl methyl sites for hydroxylation is 1. The van der Waals surface area contributed by atoms with Crippen LogP contribution in [0.4, 0.5) is 0 Å². The van der Waals surface area contributed by atoms with E-state index >= 15 is 0 Å². The van der Waals surface area contributed by atoms with Crippen molar-refractivity contribution in [3.63, 3.8) is 0 Å². The number of benzene rings is 4. The fourth-order valence-electron chi connectivity index (χ4n) is 10.7. The second-order valence-electron chi connectivity index (χ2n) is 23.0. The van der Waals surface area contributed by atoms with Gasteiger partial charge in [0.1, 0.15) is 46.3 Å². The summed E-state index contributed by atoms with van der Waals surface area (Å²) in [6.07, 6.45) is 8.10. The van der Waals surface area contributed by atoms with Crippen LogP contribution in [-0.4, -0.2) is 140 Å². The largest absolute Gasteiger partial charge is 0.492 e. The van der Waals surface area contributed by atoms with Crippen LogP contribution in [0.1, 0.15) is 129 Å². The quantitative estimate of drug-likeness (QED) is 0.0394. The van der Waals surface area contributed by atoms with Gasteiger partial charge >= 0.3 is 11.9 Å². The highest BCUT2D eigenvalue weighted by Crippen LogP contribution is 2.41. The molecule has 0 saturated heterocycles. The highest BCUT2D eigenvalue weighted by molar-refractivity contribution is 6.34. The number of methoxy groups -OCH3 is 1. The number of hydrogen-bond acceptors (Lipinski definition) is 12. The molecule has 2 aliphatic carbocycles. The van der Waals surface area contributed by atoms with Crippen LogP contribution in [0.3, 0.4) is 0 Å². The molecule has 6 aromatic rings. The standard InChI is InChI=1S/C34H42ClN3O4.C33H39Cl2N3O6.2ClH/c1-22(2)24-11-10-23(3)27(20-24)26-13-15-29(32(39)37-34(33(40)41)16-7-6-8-17-34)36-31(26)25-12-14-28(35)30(21-25)42-19-9-18-38(4)5;1-38(2)16-7-17-44-29-20-22(8-11-27(29)35)30-24(25-21-23(9-12-26(25)34)43-19-18-42-3)10-13-28(36-30)31(39)37-33(32(40)41)14-5-4-6-15-33;;/h10-15,20-22H,6-9,16-19H2,1-5H3,(H,37,39)(H,40,41);8-13,20-21H,4-7,14-19H2,1-3H3,(H,37,39)(H,40,41);2*1H. The van der Waals surface area contributed by atoms with Gasteiger partial charge in [-0.3, -0.25) is 9.59 Å². The third-order valence-electron chi connectivity index (χ3n) is 15.6. The van der Waals surface area contributed by atoms with Gasteiger partial charge in [0.15, 0.2) is 0 Å². The Morgan fingerprint density at radius 1 is 0.545 bits per heavy atom. The number of amides is 2. The summed E-state index contributed by atoms with van der Waals surface area (Å²) in [7, 11) is 9.64. The molecular formula is C67H83Cl5N6O10. The minimum Gasteiger partial charge on any atom is -0.492 e. The molecule has 2 saturated carbocycles. The van der Waals surface area contributed by atoms with Crippen molar-refractivity contribution in [3.8, 4) is 62.0 Å². The van der Waals surface area contributed by atoms with Crippen molar-refractivity contribution >= 4 is 83.4 Å². The van der Waals surface area contributed by atoms with Crippen LogP contribution in [-0.2, 0) is 14.3 Å². The maximum absolute atomic E-state index is 13.5. The molecule has 2 aromatic heterocycles. The molecule has 0 aliphatic heterocycles. The number of aliphatic carboxylic acids is 2. The predicted molar refractivity (Wildman–Crippen MR) is 355 cm³/mol. The topological polar surface area (TPSA) is 202 Å². The molecule has 2 amide bonds. The molecule has 16 nitrogen and oxygen atoms in total. The van der Waals surface area contributed by atoms with Crippen LogP contribution in [0.15, 0.2) is 97.1 Å². The van der Waals surface area contributed by atoms with Crippen LogP contribution >= 0.6 is 59.6 Å². The average molecular weight is 1310 g/mol. The van der Waals surface area contributed by atoms with Gasteiger partial charge < -0.3 is 49.6 Å². The number of nitrogens with zero attached hydrogens (tertiary/aromatic N) is 4. The molecule has 4 aromatic carbocycles. The number of nitrogens with one attached hydrogen (secondary N) is 2. The number of carbonyl (C=O) groups is 4. The number of carboxylic acids is 2. The first-order valence-electron chi connectivity index (χ1n) is 29.5. The van der Waals surface area contributed by atoms with Gasteiger partial charge in [0, 0.05) is 53.0 Å². The Morgan fingerprint density at radius 2 is 1.00 bits per heavy atom. The first-order valence-corrected chi connectivity index (χ1v) is 30.6. The van der Waals surface area contributed by atoms with Crippen LogP contribution in [0.5, 0.6) is 17.2 Å². The summed E-state index contributed by atoms with van der Waals surface area (Å²) in [5.74, 6) is -1.11. The van der Waals surface area contributed by atoms with E-state index in [-0.39, 0.29) is 36.2 Å². The molecule has 88 heavy (non-hydrogen) atoms. The van der Waals surface area contributed by atoms with Crippen molar-refractivity contribution in [3.05, 3.63) is 135 Å².